The minimum absolute atomic E-state index is 0.118. The molecule has 0 unspecified atom stereocenters. The number of ether oxygens (including phenoxy) is 3. The number of carbonyl (C=O) groups is 2. The number of methoxy groups -OCH3 is 1. The smallest absolute Gasteiger partial charge is 0.338 e. The van der Waals surface area contributed by atoms with E-state index in [1.165, 1.54) is 12.0 Å². The van der Waals surface area contributed by atoms with Crippen LogP contribution < -0.4 is 14.4 Å². The van der Waals surface area contributed by atoms with E-state index in [0.29, 0.717) is 34.9 Å². The molecule has 8 nitrogen and oxygen atoms in total. The summed E-state index contributed by atoms with van der Waals surface area (Å²) in [7, 11) is -1.95. The van der Waals surface area contributed by atoms with Crippen LogP contribution in [0.3, 0.4) is 0 Å². The van der Waals surface area contributed by atoms with E-state index in [1.54, 1.807) is 43.3 Å². The van der Waals surface area contributed by atoms with Crippen molar-refractivity contribution in [3.63, 3.8) is 0 Å². The Morgan fingerprint density at radius 1 is 1.09 bits per heavy atom. The molecule has 1 aliphatic heterocycles. The number of fused-ring (bicyclic) bond motifs is 1. The van der Waals surface area contributed by atoms with Crippen LogP contribution in [-0.4, -0.2) is 52.6 Å². The standard InChI is InChI=1S/C23H27NO7S/c1-5-30-21-12-15(9-10-20(21)29-3)19(14-32(4,27)28)24-18-11-17(23(26)31-6-2)8-7-16(18)13-22(24)25/h7-12,19H,5-6,13-14H2,1-4H3/t19-/m0/s1. The summed E-state index contributed by atoms with van der Waals surface area (Å²) in [5.74, 6) is -0.0786. The monoisotopic (exact) mass is 461 g/mol. The molecule has 32 heavy (non-hydrogen) atoms. The zero-order valence-electron chi connectivity index (χ0n) is 18.6. The van der Waals surface area contributed by atoms with E-state index < -0.39 is 21.8 Å². The SMILES string of the molecule is CCOC(=O)c1ccc2c(c1)N([C@@H](CS(C)(=O)=O)c1ccc(OC)c(OCC)c1)C(=O)C2. The minimum Gasteiger partial charge on any atom is -0.493 e. The number of rotatable bonds is 9. The third kappa shape index (κ3) is 5.04. The van der Waals surface area contributed by atoms with Crippen LogP contribution in [0, 0.1) is 0 Å². The minimum atomic E-state index is -3.47. The lowest BCUT2D eigenvalue weighted by Gasteiger charge is -2.29. The number of hydrogen-bond donors (Lipinski definition) is 0. The molecule has 3 rings (SSSR count). The van der Waals surface area contributed by atoms with Gasteiger partial charge in [-0.15, -0.1) is 0 Å². The molecule has 0 spiro atoms. The van der Waals surface area contributed by atoms with Gasteiger partial charge in [-0.25, -0.2) is 13.2 Å². The lowest BCUT2D eigenvalue weighted by molar-refractivity contribution is -0.117. The average molecular weight is 462 g/mol. The van der Waals surface area contributed by atoms with E-state index in [0.717, 1.165) is 11.8 Å². The van der Waals surface area contributed by atoms with Crippen molar-refractivity contribution in [2.75, 3.05) is 37.2 Å². The molecule has 0 bridgehead atoms. The van der Waals surface area contributed by atoms with Crippen LogP contribution in [0.1, 0.15) is 41.4 Å². The van der Waals surface area contributed by atoms with Gasteiger partial charge in [0, 0.05) is 11.9 Å². The molecule has 0 saturated carbocycles. The van der Waals surface area contributed by atoms with E-state index >= 15 is 0 Å². The van der Waals surface area contributed by atoms with Gasteiger partial charge in [0.25, 0.3) is 0 Å². The van der Waals surface area contributed by atoms with Gasteiger partial charge in [-0.05, 0) is 49.2 Å². The fourth-order valence-corrected chi connectivity index (χ4v) is 4.69. The zero-order chi connectivity index (χ0) is 23.5. The highest BCUT2D eigenvalue weighted by Crippen LogP contribution is 2.39. The summed E-state index contributed by atoms with van der Waals surface area (Å²) in [4.78, 5) is 26.7. The van der Waals surface area contributed by atoms with Crippen LogP contribution >= 0.6 is 0 Å². The number of nitrogens with zero attached hydrogens (tertiary/aromatic N) is 1. The molecule has 0 fully saturated rings. The number of sulfone groups is 1. The highest BCUT2D eigenvalue weighted by molar-refractivity contribution is 7.90. The zero-order valence-corrected chi connectivity index (χ0v) is 19.4. The number of hydrogen-bond acceptors (Lipinski definition) is 7. The molecule has 0 saturated heterocycles. The number of amides is 1. The lowest BCUT2D eigenvalue weighted by Crippen LogP contribution is -2.36. The summed E-state index contributed by atoms with van der Waals surface area (Å²) in [6.45, 7) is 4.16. The number of esters is 1. The largest absolute Gasteiger partial charge is 0.493 e. The average Bonchev–Trinajstić information content (AvgIpc) is 3.06. The summed E-state index contributed by atoms with van der Waals surface area (Å²) in [6.07, 6.45) is 1.25. The van der Waals surface area contributed by atoms with E-state index in [-0.39, 0.29) is 24.7 Å². The fraction of sp³-hybridized carbons (Fsp3) is 0.391. The first-order valence-electron chi connectivity index (χ1n) is 10.3. The second-order valence-corrected chi connectivity index (χ2v) is 9.64. The molecule has 0 radical (unpaired) electrons. The van der Waals surface area contributed by atoms with E-state index in [9.17, 15) is 18.0 Å². The highest BCUT2D eigenvalue weighted by Gasteiger charge is 2.36. The normalized spacial score (nSPS) is 14.1. The van der Waals surface area contributed by atoms with Crippen molar-refractivity contribution < 1.29 is 32.2 Å². The van der Waals surface area contributed by atoms with Gasteiger partial charge in [-0.3, -0.25) is 4.79 Å². The molecule has 0 aromatic heterocycles. The molecule has 9 heteroatoms. The van der Waals surface area contributed by atoms with Crippen molar-refractivity contribution in [1.82, 2.24) is 0 Å². The first-order valence-corrected chi connectivity index (χ1v) is 12.3. The second-order valence-electron chi connectivity index (χ2n) is 7.46. The highest BCUT2D eigenvalue weighted by atomic mass is 32.2. The molecule has 1 aliphatic rings. The molecule has 1 atom stereocenters. The van der Waals surface area contributed by atoms with Gasteiger partial charge in [0.1, 0.15) is 9.84 Å². The van der Waals surface area contributed by atoms with Gasteiger partial charge in [-0.1, -0.05) is 12.1 Å². The van der Waals surface area contributed by atoms with Crippen LogP contribution in [0.2, 0.25) is 0 Å². The van der Waals surface area contributed by atoms with Crippen molar-refractivity contribution in [2.24, 2.45) is 0 Å². The van der Waals surface area contributed by atoms with Gasteiger partial charge in [0.15, 0.2) is 11.5 Å². The Hall–Kier alpha value is -3.07. The third-order valence-corrected chi connectivity index (χ3v) is 6.03. The van der Waals surface area contributed by atoms with Crippen LogP contribution in [-0.2, 0) is 25.8 Å². The van der Waals surface area contributed by atoms with Gasteiger partial charge in [0.05, 0.1) is 44.1 Å². The predicted molar refractivity (Wildman–Crippen MR) is 120 cm³/mol. The first kappa shape index (κ1) is 23.6. The van der Waals surface area contributed by atoms with E-state index in [1.807, 2.05) is 6.92 Å². The fourth-order valence-electron chi connectivity index (χ4n) is 3.78. The molecule has 2 aromatic carbocycles. The quantitative estimate of drug-likeness (QED) is 0.530. The summed E-state index contributed by atoms with van der Waals surface area (Å²) in [5, 5.41) is 0. The van der Waals surface area contributed by atoms with Crippen LogP contribution in [0.15, 0.2) is 36.4 Å². The van der Waals surface area contributed by atoms with Crippen LogP contribution in [0.5, 0.6) is 11.5 Å². The molecule has 2 aromatic rings. The van der Waals surface area contributed by atoms with E-state index in [4.69, 9.17) is 14.2 Å². The maximum atomic E-state index is 13.0. The van der Waals surface area contributed by atoms with Crippen LogP contribution in [0.25, 0.3) is 0 Å². The Morgan fingerprint density at radius 3 is 2.47 bits per heavy atom. The third-order valence-electron chi connectivity index (χ3n) is 5.11. The Labute approximate surface area is 188 Å². The second kappa shape index (κ2) is 9.60. The Bertz CT molecular complexity index is 1130. The van der Waals surface area contributed by atoms with E-state index in [2.05, 4.69) is 0 Å². The predicted octanol–water partition coefficient (Wildman–Crippen LogP) is 2.95. The van der Waals surface area contributed by atoms with Gasteiger partial charge in [-0.2, -0.15) is 0 Å². The summed E-state index contributed by atoms with van der Waals surface area (Å²) in [6, 6.07) is 9.19. The topological polar surface area (TPSA) is 99.2 Å². The molecule has 1 heterocycles. The van der Waals surface area contributed by atoms with Crippen molar-refractivity contribution in [1.29, 1.82) is 0 Å². The van der Waals surface area contributed by atoms with Crippen molar-refractivity contribution in [3.05, 3.63) is 53.1 Å². The number of benzene rings is 2. The Balaban J connectivity index is 2.12. The molecule has 0 aliphatic carbocycles. The Morgan fingerprint density at radius 2 is 1.84 bits per heavy atom. The molecular weight excluding hydrogens is 434 g/mol. The van der Waals surface area contributed by atoms with Crippen molar-refractivity contribution >= 4 is 27.4 Å². The van der Waals surface area contributed by atoms with Crippen molar-refractivity contribution in [3.8, 4) is 11.5 Å². The first-order chi connectivity index (χ1) is 15.2. The Kier molecular flexibility index (Phi) is 7.08. The van der Waals surface area contributed by atoms with Crippen molar-refractivity contribution in [2.45, 2.75) is 26.3 Å². The molecule has 0 N–H and O–H groups in total. The van der Waals surface area contributed by atoms with Gasteiger partial charge in [0.2, 0.25) is 5.91 Å². The molecular formula is C23H27NO7S. The summed E-state index contributed by atoms with van der Waals surface area (Å²) < 4.78 is 40.7. The molecule has 1 amide bonds. The number of carbonyl (C=O) groups excluding carboxylic acids is 2. The molecule has 172 valence electrons. The van der Waals surface area contributed by atoms with Gasteiger partial charge >= 0.3 is 5.97 Å². The van der Waals surface area contributed by atoms with Gasteiger partial charge < -0.3 is 19.1 Å². The summed E-state index contributed by atoms with van der Waals surface area (Å²) in [5.41, 5.74) is 2.11. The summed E-state index contributed by atoms with van der Waals surface area (Å²) >= 11 is 0. The maximum Gasteiger partial charge on any atom is 0.338 e. The number of anilines is 1. The lowest BCUT2D eigenvalue weighted by atomic mass is 10.0. The van der Waals surface area contributed by atoms with Crippen LogP contribution in [0.4, 0.5) is 5.69 Å². The maximum absolute atomic E-state index is 13.0.